The molecule has 1 N–H and O–H groups in total. The Kier molecular flexibility index (Phi) is 3.89. The third kappa shape index (κ3) is 2.55. The molecule has 2 rings (SSSR count). The Balaban J connectivity index is 2.39. The van der Waals surface area contributed by atoms with Gasteiger partial charge in [-0.2, -0.15) is 11.8 Å². The summed E-state index contributed by atoms with van der Waals surface area (Å²) in [6, 6.07) is 0. The maximum absolute atomic E-state index is 12.0. The fourth-order valence-corrected chi connectivity index (χ4v) is 3.49. The van der Waals surface area contributed by atoms with E-state index in [9.17, 15) is 4.79 Å². The Morgan fingerprint density at radius 2 is 2.18 bits per heavy atom. The molecule has 0 unspecified atom stereocenters. The minimum Gasteiger partial charge on any atom is -0.309 e. The molecule has 0 atom stereocenters. The molecule has 0 bridgehead atoms. The Hall–Kier alpha value is -0.810. The predicted octanol–water partition coefficient (Wildman–Crippen LogP) is 3.24. The first-order valence-corrected chi connectivity index (χ1v) is 7.67. The number of aryl methyl sites for hydroxylation is 2. The van der Waals surface area contributed by atoms with E-state index >= 15 is 0 Å². The summed E-state index contributed by atoms with van der Waals surface area (Å²) >= 11 is 3.41. The molecule has 0 aromatic carbocycles. The quantitative estimate of drug-likeness (QED) is 0.866. The third-order valence-corrected chi connectivity index (χ3v) is 4.95. The van der Waals surface area contributed by atoms with Gasteiger partial charge in [0.2, 0.25) is 0 Å². The highest BCUT2D eigenvalue weighted by Gasteiger charge is 2.11. The van der Waals surface area contributed by atoms with Crippen molar-refractivity contribution in [2.45, 2.75) is 32.9 Å². The molecule has 0 radical (unpaired) electrons. The monoisotopic (exact) mass is 268 g/mol. The van der Waals surface area contributed by atoms with E-state index in [1.807, 2.05) is 13.8 Å². The number of hydrogen-bond acceptors (Lipinski definition) is 4. The molecular formula is C12H16N2OS2. The lowest BCUT2D eigenvalue weighted by molar-refractivity contribution is 1.04. The fourth-order valence-electron chi connectivity index (χ4n) is 1.68. The smallest absolute Gasteiger partial charge is 0.259 e. The standard InChI is InChI=1S/C12H16N2OS2/c1-4-5-16-6-9-13-11(15)10-7(2)8(3)17-12(10)14-9/h4-6H2,1-3H3,(H,13,14,15). The Morgan fingerprint density at radius 3 is 2.88 bits per heavy atom. The molecule has 2 aromatic rings. The lowest BCUT2D eigenvalue weighted by Gasteiger charge is -2.00. The second kappa shape index (κ2) is 5.23. The average Bonchev–Trinajstić information content (AvgIpc) is 2.55. The lowest BCUT2D eigenvalue weighted by atomic mass is 10.2. The van der Waals surface area contributed by atoms with Gasteiger partial charge >= 0.3 is 0 Å². The zero-order chi connectivity index (χ0) is 12.4. The van der Waals surface area contributed by atoms with E-state index in [-0.39, 0.29) is 5.56 Å². The van der Waals surface area contributed by atoms with E-state index in [4.69, 9.17) is 0 Å². The average molecular weight is 268 g/mol. The van der Waals surface area contributed by atoms with Crippen LogP contribution in [0.4, 0.5) is 0 Å². The highest BCUT2D eigenvalue weighted by atomic mass is 32.2. The van der Waals surface area contributed by atoms with Gasteiger partial charge in [0, 0.05) is 4.88 Å². The van der Waals surface area contributed by atoms with Gasteiger partial charge in [-0.05, 0) is 31.6 Å². The molecule has 0 saturated heterocycles. The van der Waals surface area contributed by atoms with Crippen LogP contribution < -0.4 is 5.56 Å². The van der Waals surface area contributed by atoms with Crippen molar-refractivity contribution in [2.75, 3.05) is 5.75 Å². The number of aromatic nitrogens is 2. The minimum atomic E-state index is 0.00366. The predicted molar refractivity (Wildman–Crippen MR) is 76.2 cm³/mol. The molecule has 0 aliphatic rings. The van der Waals surface area contributed by atoms with Crippen LogP contribution in [-0.4, -0.2) is 15.7 Å². The van der Waals surface area contributed by atoms with Crippen LogP contribution in [0.1, 0.15) is 29.6 Å². The van der Waals surface area contributed by atoms with Gasteiger partial charge in [0.15, 0.2) is 0 Å². The molecule has 17 heavy (non-hydrogen) atoms. The van der Waals surface area contributed by atoms with Crippen LogP contribution in [0, 0.1) is 13.8 Å². The van der Waals surface area contributed by atoms with E-state index < -0.39 is 0 Å². The lowest BCUT2D eigenvalue weighted by Crippen LogP contribution is -2.10. The molecule has 0 fully saturated rings. The van der Waals surface area contributed by atoms with E-state index in [1.165, 1.54) is 4.88 Å². The summed E-state index contributed by atoms with van der Waals surface area (Å²) in [6.45, 7) is 6.17. The maximum Gasteiger partial charge on any atom is 0.259 e. The first kappa shape index (κ1) is 12.6. The van der Waals surface area contributed by atoms with Crippen molar-refractivity contribution in [2.24, 2.45) is 0 Å². The highest BCUT2D eigenvalue weighted by molar-refractivity contribution is 7.98. The number of fused-ring (bicyclic) bond motifs is 1. The number of rotatable bonds is 4. The van der Waals surface area contributed by atoms with Crippen LogP contribution in [-0.2, 0) is 5.75 Å². The van der Waals surface area contributed by atoms with E-state index in [0.717, 1.165) is 39.5 Å². The molecule has 92 valence electrons. The van der Waals surface area contributed by atoms with Gasteiger partial charge in [0.25, 0.3) is 5.56 Å². The summed E-state index contributed by atoms with van der Waals surface area (Å²) in [5.74, 6) is 2.68. The fraction of sp³-hybridized carbons (Fsp3) is 0.500. The van der Waals surface area contributed by atoms with Crippen LogP contribution in [0.3, 0.4) is 0 Å². The number of thioether (sulfide) groups is 1. The van der Waals surface area contributed by atoms with Crippen molar-refractivity contribution < 1.29 is 0 Å². The minimum absolute atomic E-state index is 0.00366. The molecule has 0 spiro atoms. The van der Waals surface area contributed by atoms with Gasteiger partial charge in [-0.15, -0.1) is 11.3 Å². The molecular weight excluding hydrogens is 252 g/mol. The molecule has 2 aromatic heterocycles. The number of thiophene rings is 1. The van der Waals surface area contributed by atoms with Crippen molar-refractivity contribution in [1.29, 1.82) is 0 Å². The van der Waals surface area contributed by atoms with Gasteiger partial charge in [-0.3, -0.25) is 4.79 Å². The SMILES string of the molecule is CCCSCc1nc2sc(C)c(C)c2c(=O)[nH]1. The molecule has 0 saturated carbocycles. The van der Waals surface area contributed by atoms with Gasteiger partial charge in [0.05, 0.1) is 11.1 Å². The zero-order valence-corrected chi connectivity index (χ0v) is 11.9. The molecule has 3 nitrogen and oxygen atoms in total. The van der Waals surface area contributed by atoms with Gasteiger partial charge in [-0.25, -0.2) is 4.98 Å². The van der Waals surface area contributed by atoms with Crippen molar-refractivity contribution in [1.82, 2.24) is 9.97 Å². The summed E-state index contributed by atoms with van der Waals surface area (Å²) in [6.07, 6.45) is 1.15. The van der Waals surface area contributed by atoms with Crippen molar-refractivity contribution in [3.05, 3.63) is 26.6 Å². The first-order valence-electron chi connectivity index (χ1n) is 5.70. The Morgan fingerprint density at radius 1 is 1.41 bits per heavy atom. The number of nitrogens with one attached hydrogen (secondary N) is 1. The zero-order valence-electron chi connectivity index (χ0n) is 10.3. The topological polar surface area (TPSA) is 45.8 Å². The summed E-state index contributed by atoms with van der Waals surface area (Å²) in [4.78, 5) is 21.4. The second-order valence-electron chi connectivity index (χ2n) is 4.03. The normalized spacial score (nSPS) is 11.2. The molecule has 0 aliphatic carbocycles. The number of nitrogens with zero attached hydrogens (tertiary/aromatic N) is 1. The van der Waals surface area contributed by atoms with E-state index in [0.29, 0.717) is 0 Å². The van der Waals surface area contributed by atoms with E-state index in [1.54, 1.807) is 23.1 Å². The number of H-pyrrole nitrogens is 1. The summed E-state index contributed by atoms with van der Waals surface area (Å²) in [5.41, 5.74) is 1.07. The first-order chi connectivity index (χ1) is 8.13. The van der Waals surface area contributed by atoms with Crippen molar-refractivity contribution in [3.8, 4) is 0 Å². The van der Waals surface area contributed by atoms with Crippen LogP contribution >= 0.6 is 23.1 Å². The van der Waals surface area contributed by atoms with Gasteiger partial charge in [0.1, 0.15) is 10.7 Å². The van der Waals surface area contributed by atoms with Gasteiger partial charge in [-0.1, -0.05) is 6.92 Å². The second-order valence-corrected chi connectivity index (χ2v) is 6.34. The maximum atomic E-state index is 12.0. The van der Waals surface area contributed by atoms with Crippen molar-refractivity contribution >= 4 is 33.3 Å². The Labute approximate surface area is 109 Å². The molecule has 5 heteroatoms. The summed E-state index contributed by atoms with van der Waals surface area (Å²) in [5, 5.41) is 0.761. The third-order valence-electron chi connectivity index (χ3n) is 2.68. The van der Waals surface area contributed by atoms with E-state index in [2.05, 4.69) is 16.9 Å². The van der Waals surface area contributed by atoms with Crippen LogP contribution in [0.2, 0.25) is 0 Å². The molecule has 2 heterocycles. The molecule has 0 amide bonds. The number of hydrogen-bond donors (Lipinski definition) is 1. The van der Waals surface area contributed by atoms with Crippen LogP contribution in [0.25, 0.3) is 10.2 Å². The number of aromatic amines is 1. The highest BCUT2D eigenvalue weighted by Crippen LogP contribution is 2.26. The Bertz CT molecular complexity index is 586. The molecule has 0 aliphatic heterocycles. The largest absolute Gasteiger partial charge is 0.309 e. The van der Waals surface area contributed by atoms with Crippen LogP contribution in [0.15, 0.2) is 4.79 Å². The summed E-state index contributed by atoms with van der Waals surface area (Å²) in [7, 11) is 0. The van der Waals surface area contributed by atoms with Gasteiger partial charge < -0.3 is 4.98 Å². The van der Waals surface area contributed by atoms with Crippen molar-refractivity contribution in [3.63, 3.8) is 0 Å². The summed E-state index contributed by atoms with van der Waals surface area (Å²) < 4.78 is 0. The van der Waals surface area contributed by atoms with Crippen LogP contribution in [0.5, 0.6) is 0 Å².